The second-order valence-corrected chi connectivity index (χ2v) is 10.9. The fourth-order valence-corrected chi connectivity index (χ4v) is 5.19. The number of aldehydes is 1. The molecule has 7 heteroatoms. The van der Waals surface area contributed by atoms with E-state index < -0.39 is 17.8 Å². The van der Waals surface area contributed by atoms with Gasteiger partial charge in [-0.2, -0.15) is 13.2 Å². The zero-order chi connectivity index (χ0) is 26.3. The average Bonchev–Trinajstić information content (AvgIpc) is 3.22. The van der Waals surface area contributed by atoms with Crippen molar-refractivity contribution < 1.29 is 23.1 Å². The number of nitrogens with one attached hydrogen (secondary N) is 2. The van der Waals surface area contributed by atoms with Crippen LogP contribution in [0, 0.1) is 5.92 Å². The number of carbonyl (C=O) groups excluding carboxylic acids is 1. The molecule has 0 radical (unpaired) electrons. The van der Waals surface area contributed by atoms with E-state index in [9.17, 15) is 23.1 Å². The van der Waals surface area contributed by atoms with Gasteiger partial charge in [0.25, 0.3) is 0 Å². The van der Waals surface area contributed by atoms with E-state index in [1.54, 1.807) is 6.07 Å². The van der Waals surface area contributed by atoms with E-state index >= 15 is 0 Å². The summed E-state index contributed by atoms with van der Waals surface area (Å²) < 4.78 is 40.3. The van der Waals surface area contributed by atoms with Crippen LogP contribution < -0.4 is 10.6 Å². The largest absolute Gasteiger partial charge is 0.416 e. The highest BCUT2D eigenvalue weighted by atomic mass is 19.4. The van der Waals surface area contributed by atoms with Crippen LogP contribution in [0.3, 0.4) is 0 Å². The Hall–Kier alpha value is -2.22. The highest BCUT2D eigenvalue weighted by Gasteiger charge is 2.32. The van der Waals surface area contributed by atoms with Crippen molar-refractivity contribution in [2.45, 2.75) is 83.2 Å². The Labute approximate surface area is 212 Å². The minimum Gasteiger partial charge on any atom is -0.390 e. The number of rotatable bonds is 13. The van der Waals surface area contributed by atoms with Gasteiger partial charge in [0.1, 0.15) is 6.29 Å². The highest BCUT2D eigenvalue weighted by Crippen LogP contribution is 2.34. The number of halogens is 3. The Balaban J connectivity index is 1.48. The molecular formula is C29H39F3N2O2. The van der Waals surface area contributed by atoms with Crippen LogP contribution in [-0.4, -0.2) is 36.1 Å². The molecule has 0 aromatic heterocycles. The van der Waals surface area contributed by atoms with Gasteiger partial charge in [-0.1, -0.05) is 37.3 Å². The molecule has 36 heavy (non-hydrogen) atoms. The normalized spacial score (nSPS) is 16.1. The predicted octanol–water partition coefficient (Wildman–Crippen LogP) is 5.41. The summed E-state index contributed by atoms with van der Waals surface area (Å²) in [6, 6.07) is 12.6. The van der Waals surface area contributed by atoms with E-state index in [-0.39, 0.29) is 24.5 Å². The molecule has 0 spiro atoms. The predicted molar refractivity (Wildman–Crippen MR) is 137 cm³/mol. The smallest absolute Gasteiger partial charge is 0.390 e. The van der Waals surface area contributed by atoms with Crippen molar-refractivity contribution in [1.82, 2.24) is 10.6 Å². The van der Waals surface area contributed by atoms with Gasteiger partial charge in [-0.25, -0.2) is 0 Å². The van der Waals surface area contributed by atoms with Gasteiger partial charge in [-0.15, -0.1) is 0 Å². The van der Waals surface area contributed by atoms with Crippen molar-refractivity contribution in [2.24, 2.45) is 5.92 Å². The second kappa shape index (κ2) is 12.3. The van der Waals surface area contributed by atoms with Gasteiger partial charge in [0.2, 0.25) is 0 Å². The standard InChI is InChI=1S/C29H39F3N2O2/c1-20(7-6-10-35)25-13-22(14-26(15-25)29(30,31)32)17-33-18-27(36)19-34-28(2,3)16-21-11-23-8-4-5-9-24(23)12-21/h4-5,8-10,13-15,20-21,27,33-34,36H,6-7,11-12,16-19H2,1-3H3/t20?,27-/m0/s1. The van der Waals surface area contributed by atoms with Crippen LogP contribution in [0.5, 0.6) is 0 Å². The van der Waals surface area contributed by atoms with E-state index in [4.69, 9.17) is 0 Å². The number of carbonyl (C=O) groups is 1. The van der Waals surface area contributed by atoms with Gasteiger partial charge in [-0.3, -0.25) is 0 Å². The molecule has 1 aliphatic carbocycles. The molecule has 198 valence electrons. The summed E-state index contributed by atoms with van der Waals surface area (Å²) in [6.45, 7) is 7.01. The molecule has 0 amide bonds. The zero-order valence-electron chi connectivity index (χ0n) is 21.5. The van der Waals surface area contributed by atoms with E-state index in [1.165, 1.54) is 17.2 Å². The number of hydrogen-bond donors (Lipinski definition) is 3. The van der Waals surface area contributed by atoms with Crippen LogP contribution in [-0.2, 0) is 30.4 Å². The summed E-state index contributed by atoms with van der Waals surface area (Å²) in [7, 11) is 0. The Bertz CT molecular complexity index is 981. The molecule has 3 N–H and O–H groups in total. The third-order valence-corrected chi connectivity index (χ3v) is 7.09. The van der Waals surface area contributed by atoms with Crippen molar-refractivity contribution in [3.05, 3.63) is 70.3 Å². The molecule has 0 aliphatic heterocycles. The van der Waals surface area contributed by atoms with Gasteiger partial charge in [0, 0.05) is 31.6 Å². The van der Waals surface area contributed by atoms with Gasteiger partial charge in [0.15, 0.2) is 0 Å². The van der Waals surface area contributed by atoms with Crippen molar-refractivity contribution in [1.29, 1.82) is 0 Å². The summed E-state index contributed by atoms with van der Waals surface area (Å²) in [5, 5.41) is 17.0. The summed E-state index contributed by atoms with van der Waals surface area (Å²) in [4.78, 5) is 10.7. The summed E-state index contributed by atoms with van der Waals surface area (Å²) in [6.07, 6.45) is -0.338. The first kappa shape index (κ1) is 28.4. The van der Waals surface area contributed by atoms with Gasteiger partial charge in [0.05, 0.1) is 11.7 Å². The first-order valence-corrected chi connectivity index (χ1v) is 12.8. The molecule has 3 rings (SSSR count). The molecule has 0 bridgehead atoms. The summed E-state index contributed by atoms with van der Waals surface area (Å²) in [5.74, 6) is 0.421. The topological polar surface area (TPSA) is 61.4 Å². The monoisotopic (exact) mass is 504 g/mol. The summed E-state index contributed by atoms with van der Waals surface area (Å²) >= 11 is 0. The molecule has 2 atom stereocenters. The number of fused-ring (bicyclic) bond motifs is 1. The quantitative estimate of drug-likeness (QED) is 0.319. The SMILES string of the molecule is CC(CCC=O)c1cc(CNC[C@H](O)CNC(C)(C)CC2Cc3ccccc3C2)cc(C(F)(F)F)c1. The number of aliphatic hydroxyl groups excluding tert-OH is 1. The molecule has 0 saturated carbocycles. The Morgan fingerprint density at radius 1 is 1.08 bits per heavy atom. The minimum atomic E-state index is -4.44. The minimum absolute atomic E-state index is 0.138. The maximum Gasteiger partial charge on any atom is 0.416 e. The molecule has 0 fully saturated rings. The molecule has 1 aliphatic rings. The maximum absolute atomic E-state index is 13.4. The first-order chi connectivity index (χ1) is 17.0. The van der Waals surface area contributed by atoms with Crippen LogP contribution in [0.25, 0.3) is 0 Å². The maximum atomic E-state index is 13.4. The van der Waals surface area contributed by atoms with Crippen LogP contribution in [0.4, 0.5) is 13.2 Å². The lowest BCUT2D eigenvalue weighted by Gasteiger charge is -2.30. The van der Waals surface area contributed by atoms with Gasteiger partial charge < -0.3 is 20.5 Å². The van der Waals surface area contributed by atoms with Crippen LogP contribution in [0.1, 0.15) is 73.8 Å². The molecule has 0 saturated heterocycles. The fourth-order valence-electron chi connectivity index (χ4n) is 5.19. The third kappa shape index (κ3) is 8.43. The number of β-amino-alcohol motifs (C(OH)–C–C–N with tert-alkyl or cyclic N) is 1. The molecule has 2 aromatic rings. The Morgan fingerprint density at radius 3 is 2.36 bits per heavy atom. The van der Waals surface area contributed by atoms with Gasteiger partial charge >= 0.3 is 6.18 Å². The number of hydrogen-bond acceptors (Lipinski definition) is 4. The molecular weight excluding hydrogens is 465 g/mol. The second-order valence-electron chi connectivity index (χ2n) is 10.9. The lowest BCUT2D eigenvalue weighted by Crippen LogP contribution is -2.46. The van der Waals surface area contributed by atoms with Crippen molar-refractivity contribution in [2.75, 3.05) is 13.1 Å². The molecule has 2 aromatic carbocycles. The van der Waals surface area contributed by atoms with Crippen molar-refractivity contribution >= 4 is 6.29 Å². The van der Waals surface area contributed by atoms with E-state index in [2.05, 4.69) is 48.7 Å². The lowest BCUT2D eigenvalue weighted by atomic mass is 9.88. The first-order valence-electron chi connectivity index (χ1n) is 12.8. The average molecular weight is 505 g/mol. The van der Waals surface area contributed by atoms with Crippen LogP contribution >= 0.6 is 0 Å². The van der Waals surface area contributed by atoms with Gasteiger partial charge in [-0.05, 0) is 85.8 Å². The Morgan fingerprint density at radius 2 is 1.75 bits per heavy atom. The number of alkyl halides is 3. The van der Waals surface area contributed by atoms with Crippen molar-refractivity contribution in [3.8, 4) is 0 Å². The van der Waals surface area contributed by atoms with Crippen LogP contribution in [0.15, 0.2) is 42.5 Å². The molecule has 4 nitrogen and oxygen atoms in total. The summed E-state index contributed by atoms with van der Waals surface area (Å²) in [5.41, 5.74) is 3.12. The third-order valence-electron chi connectivity index (χ3n) is 7.09. The van der Waals surface area contributed by atoms with E-state index in [0.717, 1.165) is 31.6 Å². The van der Waals surface area contributed by atoms with Crippen LogP contribution in [0.2, 0.25) is 0 Å². The fraction of sp³-hybridized carbons (Fsp3) is 0.552. The van der Waals surface area contributed by atoms with Crippen molar-refractivity contribution in [3.63, 3.8) is 0 Å². The van der Waals surface area contributed by atoms with E-state index in [0.29, 0.717) is 36.4 Å². The number of benzene rings is 2. The zero-order valence-corrected chi connectivity index (χ0v) is 21.5. The number of aliphatic hydroxyl groups is 1. The van der Waals surface area contributed by atoms with E-state index in [1.807, 2.05) is 6.92 Å². The highest BCUT2D eigenvalue weighted by molar-refractivity contribution is 5.49. The molecule has 1 unspecified atom stereocenters. The Kier molecular flexibility index (Phi) is 9.72. The lowest BCUT2D eigenvalue weighted by molar-refractivity contribution is -0.137. The molecule has 0 heterocycles.